The molecule has 21 heavy (non-hydrogen) atoms. The van der Waals surface area contributed by atoms with Gasteiger partial charge in [0.15, 0.2) is 0 Å². The Balaban J connectivity index is 1.92. The van der Waals surface area contributed by atoms with Crippen LogP contribution in [0.15, 0.2) is 57.5 Å². The third-order valence-corrected chi connectivity index (χ3v) is 4.82. The van der Waals surface area contributed by atoms with Crippen LogP contribution in [0.25, 0.3) is 0 Å². The molecule has 1 radical (unpaired) electrons. The summed E-state index contributed by atoms with van der Waals surface area (Å²) in [6.45, 7) is 4.03. The van der Waals surface area contributed by atoms with Gasteiger partial charge in [0.05, 0.1) is 0 Å². The predicted molar refractivity (Wildman–Crippen MR) is 98.6 cm³/mol. The molecule has 0 bridgehead atoms. The van der Waals surface area contributed by atoms with Gasteiger partial charge in [0.1, 0.15) is 0 Å². The van der Waals surface area contributed by atoms with Crippen molar-refractivity contribution in [1.29, 1.82) is 0 Å². The molecule has 1 atom stereocenters. The Morgan fingerprint density at radius 1 is 0.905 bits per heavy atom. The summed E-state index contributed by atoms with van der Waals surface area (Å²) < 4.78 is 2.32. The summed E-state index contributed by atoms with van der Waals surface area (Å²) in [6.07, 6.45) is 5.75. The van der Waals surface area contributed by atoms with Crippen molar-refractivity contribution in [3.63, 3.8) is 0 Å². The molecule has 0 aromatic heterocycles. The molecule has 0 nitrogen and oxygen atoms in total. The number of hydrogen-bond acceptors (Lipinski definition) is 0. The summed E-state index contributed by atoms with van der Waals surface area (Å²) in [5.41, 5.74) is 2.85. The van der Waals surface area contributed by atoms with Gasteiger partial charge in [-0.15, -0.1) is 0 Å². The lowest BCUT2D eigenvalue weighted by molar-refractivity contribution is 0.556. The second kappa shape index (κ2) is 8.75. The van der Waals surface area contributed by atoms with Crippen LogP contribution in [0.3, 0.4) is 0 Å². The zero-order valence-corrected chi connectivity index (χ0v) is 15.4. The molecule has 0 aliphatic rings. The lowest BCUT2D eigenvalue weighted by Crippen LogP contribution is -2.00. The molecule has 0 aliphatic carbocycles. The van der Waals surface area contributed by atoms with E-state index in [1.807, 2.05) is 0 Å². The molecule has 0 spiro atoms. The fourth-order valence-electron chi connectivity index (χ4n) is 2.70. The standard InChI is InChI=1S/C19H21Br2/c1-2-5-16(17-10-12-18(20)13-11-17)8-3-6-15-7-4-9-19(21)14-15/h4,7,9-14,16H,1-3,5-6,8H2. The van der Waals surface area contributed by atoms with Crippen molar-refractivity contribution in [2.45, 2.75) is 38.0 Å². The molecular weight excluding hydrogens is 388 g/mol. The second-order valence-electron chi connectivity index (χ2n) is 5.41. The van der Waals surface area contributed by atoms with Crippen LogP contribution >= 0.6 is 31.9 Å². The van der Waals surface area contributed by atoms with Gasteiger partial charge in [-0.25, -0.2) is 0 Å². The topological polar surface area (TPSA) is 0 Å². The van der Waals surface area contributed by atoms with E-state index >= 15 is 0 Å². The predicted octanol–water partition coefficient (Wildman–Crippen LogP) is 6.93. The average Bonchev–Trinajstić information content (AvgIpc) is 2.47. The fourth-order valence-corrected chi connectivity index (χ4v) is 3.42. The van der Waals surface area contributed by atoms with Gasteiger partial charge in [-0.3, -0.25) is 0 Å². The first-order valence-corrected chi connectivity index (χ1v) is 9.07. The summed E-state index contributed by atoms with van der Waals surface area (Å²) in [5.74, 6) is 0.628. The molecule has 0 amide bonds. The van der Waals surface area contributed by atoms with Crippen molar-refractivity contribution in [2.24, 2.45) is 0 Å². The molecule has 2 aromatic carbocycles. The smallest absolute Gasteiger partial charge is 0.0177 e. The summed E-state index contributed by atoms with van der Waals surface area (Å²) in [6, 6.07) is 17.4. The molecule has 0 fully saturated rings. The normalized spacial score (nSPS) is 12.3. The van der Waals surface area contributed by atoms with Crippen molar-refractivity contribution in [1.82, 2.24) is 0 Å². The third-order valence-electron chi connectivity index (χ3n) is 3.80. The van der Waals surface area contributed by atoms with E-state index in [0.717, 1.165) is 17.3 Å². The lowest BCUT2D eigenvalue weighted by Gasteiger charge is -2.17. The Kier molecular flexibility index (Phi) is 6.98. The highest BCUT2D eigenvalue weighted by atomic mass is 79.9. The number of halogens is 2. The first kappa shape index (κ1) is 16.8. The van der Waals surface area contributed by atoms with Crippen LogP contribution in [-0.4, -0.2) is 0 Å². The van der Waals surface area contributed by atoms with Crippen LogP contribution in [0.4, 0.5) is 0 Å². The maximum absolute atomic E-state index is 4.03. The van der Waals surface area contributed by atoms with Gasteiger partial charge in [0.25, 0.3) is 0 Å². The van der Waals surface area contributed by atoms with Gasteiger partial charge < -0.3 is 0 Å². The lowest BCUT2D eigenvalue weighted by atomic mass is 9.89. The maximum Gasteiger partial charge on any atom is 0.0177 e. The first-order valence-electron chi connectivity index (χ1n) is 7.48. The molecule has 2 heteroatoms. The Morgan fingerprint density at radius 3 is 2.33 bits per heavy atom. The molecule has 111 valence electrons. The molecule has 2 aromatic rings. The first-order chi connectivity index (χ1) is 10.2. The molecule has 0 heterocycles. The monoisotopic (exact) mass is 407 g/mol. The molecule has 2 rings (SSSR count). The van der Waals surface area contributed by atoms with E-state index in [2.05, 4.69) is 87.3 Å². The highest BCUT2D eigenvalue weighted by Crippen LogP contribution is 2.28. The van der Waals surface area contributed by atoms with E-state index in [-0.39, 0.29) is 0 Å². The zero-order valence-electron chi connectivity index (χ0n) is 12.2. The highest BCUT2D eigenvalue weighted by molar-refractivity contribution is 9.10. The molecule has 0 saturated carbocycles. The summed E-state index contributed by atoms with van der Waals surface area (Å²) in [5, 5.41) is 0. The van der Waals surface area contributed by atoms with E-state index in [1.165, 1.54) is 34.9 Å². The Labute approximate surface area is 145 Å². The summed E-state index contributed by atoms with van der Waals surface area (Å²) >= 11 is 7.05. The van der Waals surface area contributed by atoms with Crippen molar-refractivity contribution >= 4 is 31.9 Å². The second-order valence-corrected chi connectivity index (χ2v) is 7.24. The molecule has 0 N–H and O–H groups in total. The van der Waals surface area contributed by atoms with Crippen LogP contribution in [0.2, 0.25) is 0 Å². The molecular formula is C19H21Br2. The fraction of sp³-hybridized carbons (Fsp3) is 0.316. The Bertz CT molecular complexity index is 546. The van der Waals surface area contributed by atoms with Crippen LogP contribution in [0.1, 0.15) is 42.7 Å². The average molecular weight is 409 g/mol. The van der Waals surface area contributed by atoms with Crippen LogP contribution in [0.5, 0.6) is 0 Å². The third kappa shape index (κ3) is 5.60. The number of aryl methyl sites for hydroxylation is 1. The van der Waals surface area contributed by atoms with Crippen molar-refractivity contribution < 1.29 is 0 Å². The van der Waals surface area contributed by atoms with E-state index in [0.29, 0.717) is 5.92 Å². The minimum Gasteiger partial charge on any atom is -0.0609 e. The largest absolute Gasteiger partial charge is 0.0609 e. The van der Waals surface area contributed by atoms with Crippen molar-refractivity contribution in [3.05, 3.63) is 75.5 Å². The van der Waals surface area contributed by atoms with Gasteiger partial charge in [-0.05, 0) is 67.0 Å². The zero-order chi connectivity index (χ0) is 15.1. The number of hydrogen-bond donors (Lipinski definition) is 0. The molecule has 0 aliphatic heterocycles. The minimum absolute atomic E-state index is 0.628. The Hall–Kier alpha value is -0.600. The van der Waals surface area contributed by atoms with Crippen molar-refractivity contribution in [3.8, 4) is 0 Å². The van der Waals surface area contributed by atoms with Crippen molar-refractivity contribution in [2.75, 3.05) is 0 Å². The van der Waals surface area contributed by atoms with Gasteiger partial charge in [-0.2, -0.15) is 0 Å². The SMILES string of the molecule is [CH2]CCC(CCCc1cccc(Br)c1)c1ccc(Br)cc1. The summed E-state index contributed by atoms with van der Waals surface area (Å²) in [4.78, 5) is 0. The van der Waals surface area contributed by atoms with E-state index in [4.69, 9.17) is 0 Å². The maximum atomic E-state index is 4.03. The van der Waals surface area contributed by atoms with Gasteiger partial charge in [-0.1, -0.05) is 69.5 Å². The molecule has 0 saturated heterocycles. The van der Waals surface area contributed by atoms with Gasteiger partial charge >= 0.3 is 0 Å². The van der Waals surface area contributed by atoms with E-state index in [9.17, 15) is 0 Å². The highest BCUT2D eigenvalue weighted by Gasteiger charge is 2.10. The van der Waals surface area contributed by atoms with Crippen LogP contribution in [0, 0.1) is 6.92 Å². The van der Waals surface area contributed by atoms with Gasteiger partial charge in [0, 0.05) is 8.95 Å². The quantitative estimate of drug-likeness (QED) is 0.465. The minimum atomic E-state index is 0.628. The van der Waals surface area contributed by atoms with E-state index in [1.54, 1.807) is 0 Å². The Morgan fingerprint density at radius 2 is 1.67 bits per heavy atom. The summed E-state index contributed by atoms with van der Waals surface area (Å²) in [7, 11) is 0. The van der Waals surface area contributed by atoms with E-state index < -0.39 is 0 Å². The van der Waals surface area contributed by atoms with Gasteiger partial charge in [0.2, 0.25) is 0 Å². The number of rotatable bonds is 7. The molecule has 1 unspecified atom stereocenters. The van der Waals surface area contributed by atoms with Crippen LogP contribution in [-0.2, 0) is 6.42 Å². The van der Waals surface area contributed by atoms with Crippen LogP contribution < -0.4 is 0 Å². The number of benzene rings is 2.